The number of amides is 2. The number of hydrogen-bond donors (Lipinski definition) is 0. The summed E-state index contributed by atoms with van der Waals surface area (Å²) in [6.45, 7) is 5.24. The van der Waals surface area contributed by atoms with Crippen LogP contribution in [0.4, 0.5) is 0 Å². The van der Waals surface area contributed by atoms with Crippen molar-refractivity contribution in [3.8, 4) is 0 Å². The second-order valence-electron chi connectivity index (χ2n) is 7.99. The second kappa shape index (κ2) is 8.65. The van der Waals surface area contributed by atoms with E-state index in [-0.39, 0.29) is 11.3 Å². The molecule has 5 heteroatoms. The molecule has 1 aromatic rings. The molecule has 1 spiro atoms. The van der Waals surface area contributed by atoms with E-state index in [1.165, 1.54) is 0 Å². The summed E-state index contributed by atoms with van der Waals surface area (Å²) in [5, 5.41) is 0. The summed E-state index contributed by atoms with van der Waals surface area (Å²) in [7, 11) is 0. The Hall–Kier alpha value is -1.91. The lowest BCUT2D eigenvalue weighted by Crippen LogP contribution is -2.54. The first-order chi connectivity index (χ1) is 12.6. The maximum absolute atomic E-state index is 12.6. The van der Waals surface area contributed by atoms with Crippen LogP contribution < -0.4 is 0 Å². The van der Waals surface area contributed by atoms with E-state index < -0.39 is 0 Å². The zero-order valence-electron chi connectivity index (χ0n) is 16.0. The highest BCUT2D eigenvalue weighted by Gasteiger charge is 2.42. The Kier molecular flexibility index (Phi) is 6.28. The summed E-state index contributed by atoms with van der Waals surface area (Å²) in [4.78, 5) is 33.2. The third-order valence-electron chi connectivity index (χ3n) is 5.85. The van der Waals surface area contributed by atoms with E-state index in [1.54, 1.807) is 6.20 Å². The van der Waals surface area contributed by atoms with Crippen molar-refractivity contribution in [3.05, 3.63) is 30.1 Å². The van der Waals surface area contributed by atoms with Gasteiger partial charge in [0.15, 0.2) is 0 Å². The summed E-state index contributed by atoms with van der Waals surface area (Å²) in [5.74, 6) is 0.527. The standard InChI is InChI=1S/C21H31N3O2/c1-2-3-4-8-19(25)23-13-6-10-21(16-23)11-9-20(26)24(17-21)15-18-7-5-12-22-14-18/h5,7,12,14H,2-4,6,8-11,13,15-17H2,1H3. The molecule has 1 unspecified atom stereocenters. The van der Waals surface area contributed by atoms with E-state index in [0.717, 1.165) is 63.7 Å². The molecule has 3 rings (SSSR count). The first-order valence-corrected chi connectivity index (χ1v) is 10.1. The normalized spacial score (nSPS) is 23.5. The number of unbranched alkanes of at least 4 members (excludes halogenated alkanes) is 2. The molecule has 2 amide bonds. The van der Waals surface area contributed by atoms with Gasteiger partial charge < -0.3 is 9.80 Å². The van der Waals surface area contributed by atoms with Gasteiger partial charge in [0.1, 0.15) is 0 Å². The monoisotopic (exact) mass is 357 g/mol. The fourth-order valence-electron chi connectivity index (χ4n) is 4.40. The van der Waals surface area contributed by atoms with Crippen LogP contribution >= 0.6 is 0 Å². The lowest BCUT2D eigenvalue weighted by atomic mass is 9.73. The summed E-state index contributed by atoms with van der Waals surface area (Å²) in [5.41, 5.74) is 1.15. The average molecular weight is 357 g/mol. The number of piperidine rings is 2. The molecule has 0 aromatic carbocycles. The summed E-state index contributed by atoms with van der Waals surface area (Å²) in [6, 6.07) is 3.93. The van der Waals surface area contributed by atoms with Gasteiger partial charge in [-0.05, 0) is 37.3 Å². The minimum Gasteiger partial charge on any atom is -0.342 e. The topological polar surface area (TPSA) is 53.5 Å². The second-order valence-corrected chi connectivity index (χ2v) is 7.99. The smallest absolute Gasteiger partial charge is 0.222 e. The summed E-state index contributed by atoms with van der Waals surface area (Å²) in [6.07, 6.45) is 11.2. The van der Waals surface area contributed by atoms with Crippen LogP contribution in [0, 0.1) is 5.41 Å². The molecule has 0 saturated carbocycles. The highest BCUT2D eigenvalue weighted by molar-refractivity contribution is 5.78. The minimum absolute atomic E-state index is 0.0782. The zero-order valence-corrected chi connectivity index (χ0v) is 16.0. The molecule has 1 aromatic heterocycles. The number of likely N-dealkylation sites (tertiary alicyclic amines) is 2. The number of aromatic nitrogens is 1. The van der Waals surface area contributed by atoms with Crippen LogP contribution in [0.3, 0.4) is 0 Å². The predicted molar refractivity (Wildman–Crippen MR) is 101 cm³/mol. The van der Waals surface area contributed by atoms with Crippen molar-refractivity contribution in [1.29, 1.82) is 0 Å². The molecule has 5 nitrogen and oxygen atoms in total. The third kappa shape index (κ3) is 4.63. The van der Waals surface area contributed by atoms with Crippen molar-refractivity contribution in [2.75, 3.05) is 19.6 Å². The number of nitrogens with zero attached hydrogens (tertiary/aromatic N) is 3. The SMILES string of the molecule is CCCCCC(=O)N1CCCC2(CCC(=O)N(Cc3cccnc3)C2)C1. The molecular formula is C21H31N3O2. The van der Waals surface area contributed by atoms with Crippen molar-refractivity contribution < 1.29 is 9.59 Å². The van der Waals surface area contributed by atoms with Gasteiger partial charge in [-0.3, -0.25) is 14.6 Å². The highest BCUT2D eigenvalue weighted by Crippen LogP contribution is 2.39. The van der Waals surface area contributed by atoms with E-state index >= 15 is 0 Å². The van der Waals surface area contributed by atoms with E-state index in [9.17, 15) is 9.59 Å². The fourth-order valence-corrected chi connectivity index (χ4v) is 4.40. The molecule has 0 bridgehead atoms. The van der Waals surface area contributed by atoms with Crippen molar-refractivity contribution in [1.82, 2.24) is 14.8 Å². The number of carbonyl (C=O) groups excluding carboxylic acids is 2. The van der Waals surface area contributed by atoms with Crippen molar-refractivity contribution >= 4 is 11.8 Å². The van der Waals surface area contributed by atoms with Gasteiger partial charge in [-0.2, -0.15) is 0 Å². The molecule has 142 valence electrons. The van der Waals surface area contributed by atoms with Crippen LogP contribution in [0.5, 0.6) is 0 Å². The van der Waals surface area contributed by atoms with Gasteiger partial charge in [0, 0.05) is 56.8 Å². The molecule has 2 aliphatic rings. The van der Waals surface area contributed by atoms with E-state index in [4.69, 9.17) is 0 Å². The Balaban J connectivity index is 1.62. The Morgan fingerprint density at radius 3 is 2.92 bits per heavy atom. The predicted octanol–water partition coefficient (Wildman–Crippen LogP) is 3.39. The van der Waals surface area contributed by atoms with Crippen molar-refractivity contribution in [3.63, 3.8) is 0 Å². The van der Waals surface area contributed by atoms with E-state index in [0.29, 0.717) is 25.3 Å². The van der Waals surface area contributed by atoms with Gasteiger partial charge in [-0.15, -0.1) is 0 Å². The molecule has 2 saturated heterocycles. The van der Waals surface area contributed by atoms with Gasteiger partial charge in [-0.1, -0.05) is 25.8 Å². The molecular weight excluding hydrogens is 326 g/mol. The van der Waals surface area contributed by atoms with Crippen LogP contribution in [0.15, 0.2) is 24.5 Å². The van der Waals surface area contributed by atoms with E-state index in [2.05, 4.69) is 16.8 Å². The average Bonchev–Trinajstić information content (AvgIpc) is 2.66. The number of pyridine rings is 1. The number of rotatable bonds is 6. The maximum Gasteiger partial charge on any atom is 0.222 e. The van der Waals surface area contributed by atoms with Crippen molar-refractivity contribution in [2.24, 2.45) is 5.41 Å². The molecule has 2 aliphatic heterocycles. The van der Waals surface area contributed by atoms with Gasteiger partial charge in [0.25, 0.3) is 0 Å². The van der Waals surface area contributed by atoms with Crippen LogP contribution in [0.25, 0.3) is 0 Å². The zero-order chi connectivity index (χ0) is 18.4. The van der Waals surface area contributed by atoms with Gasteiger partial charge >= 0.3 is 0 Å². The largest absolute Gasteiger partial charge is 0.342 e. The number of hydrogen-bond acceptors (Lipinski definition) is 3. The minimum atomic E-state index is 0.0782. The highest BCUT2D eigenvalue weighted by atomic mass is 16.2. The summed E-state index contributed by atoms with van der Waals surface area (Å²) >= 11 is 0. The van der Waals surface area contributed by atoms with Crippen LogP contribution in [0.1, 0.15) is 63.9 Å². The molecule has 0 aliphatic carbocycles. The maximum atomic E-state index is 12.6. The van der Waals surface area contributed by atoms with Crippen LogP contribution in [0.2, 0.25) is 0 Å². The molecule has 3 heterocycles. The Labute approximate surface area is 156 Å². The molecule has 0 N–H and O–H groups in total. The number of carbonyl (C=O) groups is 2. The molecule has 2 fully saturated rings. The Bertz CT molecular complexity index is 619. The Morgan fingerprint density at radius 1 is 1.27 bits per heavy atom. The van der Waals surface area contributed by atoms with Crippen LogP contribution in [-0.4, -0.2) is 46.2 Å². The first-order valence-electron chi connectivity index (χ1n) is 10.1. The van der Waals surface area contributed by atoms with Gasteiger partial charge in [-0.25, -0.2) is 0 Å². The van der Waals surface area contributed by atoms with Gasteiger partial charge in [0.2, 0.25) is 11.8 Å². The fraction of sp³-hybridized carbons (Fsp3) is 0.667. The molecule has 26 heavy (non-hydrogen) atoms. The Morgan fingerprint density at radius 2 is 2.15 bits per heavy atom. The van der Waals surface area contributed by atoms with E-state index in [1.807, 2.05) is 23.2 Å². The first kappa shape index (κ1) is 18.9. The van der Waals surface area contributed by atoms with Gasteiger partial charge in [0.05, 0.1) is 0 Å². The quantitative estimate of drug-likeness (QED) is 0.733. The van der Waals surface area contributed by atoms with Crippen LogP contribution in [-0.2, 0) is 16.1 Å². The van der Waals surface area contributed by atoms with Crippen molar-refractivity contribution in [2.45, 2.75) is 64.8 Å². The lowest BCUT2D eigenvalue weighted by molar-refractivity contribution is -0.143. The molecule has 0 radical (unpaired) electrons. The molecule has 1 atom stereocenters. The summed E-state index contributed by atoms with van der Waals surface area (Å²) < 4.78 is 0. The third-order valence-corrected chi connectivity index (χ3v) is 5.85. The lowest BCUT2D eigenvalue weighted by Gasteiger charge is -2.48.